The van der Waals surface area contributed by atoms with Crippen molar-refractivity contribution in [2.24, 2.45) is 5.92 Å². The van der Waals surface area contributed by atoms with E-state index in [1.165, 1.54) is 0 Å². The molecule has 0 atom stereocenters. The Kier molecular flexibility index (Phi) is 13.5. The molecule has 92 valence electrons. The van der Waals surface area contributed by atoms with Crippen molar-refractivity contribution >= 4 is 18.3 Å². The number of amides is 1. The molecule has 0 aliphatic heterocycles. The molecule has 0 radical (unpaired) electrons. The van der Waals surface area contributed by atoms with Gasteiger partial charge in [-0.2, -0.15) is 0 Å². The molecule has 0 aliphatic carbocycles. The van der Waals surface area contributed by atoms with E-state index in [1.54, 1.807) is 0 Å². The first-order chi connectivity index (χ1) is 6.74. The van der Waals surface area contributed by atoms with Crippen LogP contribution in [0, 0.1) is 5.92 Å². The molecule has 4 heteroatoms. The lowest BCUT2D eigenvalue weighted by Crippen LogP contribution is -2.28. The van der Waals surface area contributed by atoms with Gasteiger partial charge in [0.05, 0.1) is 0 Å². The summed E-state index contributed by atoms with van der Waals surface area (Å²) in [7, 11) is 1.92. The average Bonchev–Trinajstić information content (AvgIpc) is 2.21. The highest BCUT2D eigenvalue weighted by atomic mass is 35.5. The van der Waals surface area contributed by atoms with Crippen LogP contribution < -0.4 is 10.6 Å². The number of rotatable bonds is 8. The topological polar surface area (TPSA) is 41.1 Å². The van der Waals surface area contributed by atoms with Gasteiger partial charge in [0.1, 0.15) is 0 Å². The fourth-order valence-electron chi connectivity index (χ4n) is 1.40. The summed E-state index contributed by atoms with van der Waals surface area (Å²) in [5.74, 6) is 0.758. The fraction of sp³-hybridized carbons (Fsp3) is 0.909. The van der Waals surface area contributed by atoms with Crippen molar-refractivity contribution in [3.8, 4) is 0 Å². The summed E-state index contributed by atoms with van der Waals surface area (Å²) in [6.07, 6.45) is 3.89. The summed E-state index contributed by atoms with van der Waals surface area (Å²) in [6.45, 7) is 6.04. The zero-order chi connectivity index (χ0) is 10.8. The zero-order valence-electron chi connectivity index (χ0n) is 10.1. The smallest absolute Gasteiger partial charge is 0.220 e. The summed E-state index contributed by atoms with van der Waals surface area (Å²) in [5.41, 5.74) is 0. The molecule has 0 unspecified atom stereocenters. The molecule has 1 amide bonds. The number of carbonyl (C=O) groups is 1. The van der Waals surface area contributed by atoms with Crippen molar-refractivity contribution in [3.05, 3.63) is 0 Å². The third-order valence-corrected chi connectivity index (χ3v) is 2.55. The van der Waals surface area contributed by atoms with Crippen LogP contribution >= 0.6 is 12.4 Å². The minimum atomic E-state index is 0. The van der Waals surface area contributed by atoms with Gasteiger partial charge in [0.15, 0.2) is 0 Å². The fourth-order valence-corrected chi connectivity index (χ4v) is 1.40. The van der Waals surface area contributed by atoms with Crippen molar-refractivity contribution in [3.63, 3.8) is 0 Å². The van der Waals surface area contributed by atoms with Crippen molar-refractivity contribution in [1.82, 2.24) is 10.6 Å². The van der Waals surface area contributed by atoms with Gasteiger partial charge in [-0.25, -0.2) is 0 Å². The Morgan fingerprint density at radius 3 is 2.27 bits per heavy atom. The summed E-state index contributed by atoms with van der Waals surface area (Å²) >= 11 is 0. The summed E-state index contributed by atoms with van der Waals surface area (Å²) in [6, 6.07) is 0. The maximum absolute atomic E-state index is 11.4. The van der Waals surface area contributed by atoms with Crippen LogP contribution in [0.5, 0.6) is 0 Å². The summed E-state index contributed by atoms with van der Waals surface area (Å²) in [5, 5.41) is 5.99. The van der Waals surface area contributed by atoms with Crippen LogP contribution in [0.3, 0.4) is 0 Å². The van der Waals surface area contributed by atoms with E-state index in [0.717, 1.165) is 32.4 Å². The molecule has 0 rings (SSSR count). The molecule has 0 heterocycles. The maximum Gasteiger partial charge on any atom is 0.220 e. The first kappa shape index (κ1) is 17.1. The lowest BCUT2D eigenvalue weighted by atomic mass is 9.99. The third-order valence-electron chi connectivity index (χ3n) is 2.55. The summed E-state index contributed by atoms with van der Waals surface area (Å²) in [4.78, 5) is 11.4. The molecule has 0 bridgehead atoms. The molecule has 0 saturated carbocycles. The molecule has 3 nitrogen and oxygen atoms in total. The molecular formula is C11H25ClN2O. The van der Waals surface area contributed by atoms with Gasteiger partial charge >= 0.3 is 0 Å². The van der Waals surface area contributed by atoms with Gasteiger partial charge in [0.2, 0.25) is 5.91 Å². The van der Waals surface area contributed by atoms with Crippen molar-refractivity contribution in [1.29, 1.82) is 0 Å². The van der Waals surface area contributed by atoms with Gasteiger partial charge in [-0.3, -0.25) is 4.79 Å². The highest BCUT2D eigenvalue weighted by molar-refractivity contribution is 5.85. The average molecular weight is 237 g/mol. The van der Waals surface area contributed by atoms with E-state index < -0.39 is 0 Å². The highest BCUT2D eigenvalue weighted by Gasteiger charge is 2.08. The Labute approximate surface area is 99.8 Å². The van der Waals surface area contributed by atoms with Crippen molar-refractivity contribution < 1.29 is 4.79 Å². The maximum atomic E-state index is 11.4. The largest absolute Gasteiger partial charge is 0.356 e. The minimum absolute atomic E-state index is 0. The Morgan fingerprint density at radius 2 is 1.80 bits per heavy atom. The first-order valence-electron chi connectivity index (χ1n) is 5.65. The second-order valence-electron chi connectivity index (χ2n) is 3.69. The lowest BCUT2D eigenvalue weighted by Gasteiger charge is -2.11. The molecule has 2 N–H and O–H groups in total. The SMILES string of the molecule is CCC(CC)CC(=O)NCCCNC.Cl. The molecule has 0 aromatic heterocycles. The van der Waals surface area contributed by atoms with E-state index in [4.69, 9.17) is 0 Å². The number of nitrogens with one attached hydrogen (secondary N) is 2. The monoisotopic (exact) mass is 236 g/mol. The highest BCUT2D eigenvalue weighted by Crippen LogP contribution is 2.11. The quantitative estimate of drug-likeness (QED) is 0.633. The Balaban J connectivity index is 0. The zero-order valence-corrected chi connectivity index (χ0v) is 11.0. The Hall–Kier alpha value is -0.280. The van der Waals surface area contributed by atoms with Crippen LogP contribution in [0.15, 0.2) is 0 Å². The molecule has 0 aliphatic rings. The second kappa shape index (κ2) is 11.8. The van der Waals surface area contributed by atoms with Gasteiger partial charge < -0.3 is 10.6 Å². The van der Waals surface area contributed by atoms with E-state index in [-0.39, 0.29) is 18.3 Å². The third kappa shape index (κ3) is 10.0. The van der Waals surface area contributed by atoms with Crippen LogP contribution in [0.1, 0.15) is 39.5 Å². The van der Waals surface area contributed by atoms with Gasteiger partial charge in [0.25, 0.3) is 0 Å². The van der Waals surface area contributed by atoms with Gasteiger partial charge in [-0.05, 0) is 25.9 Å². The Morgan fingerprint density at radius 1 is 1.20 bits per heavy atom. The molecule has 15 heavy (non-hydrogen) atoms. The van der Waals surface area contributed by atoms with Gasteiger partial charge in [-0.15, -0.1) is 12.4 Å². The predicted molar refractivity (Wildman–Crippen MR) is 67.5 cm³/mol. The van der Waals surface area contributed by atoms with E-state index in [1.807, 2.05) is 7.05 Å². The van der Waals surface area contributed by atoms with E-state index in [9.17, 15) is 4.79 Å². The molecule has 0 aromatic rings. The normalized spacial score (nSPS) is 9.87. The molecule has 0 fully saturated rings. The van der Waals surface area contributed by atoms with E-state index in [2.05, 4.69) is 24.5 Å². The predicted octanol–water partition coefficient (Wildman–Crippen LogP) is 1.96. The molecule has 0 saturated heterocycles. The first-order valence-corrected chi connectivity index (χ1v) is 5.65. The molecule has 0 spiro atoms. The van der Waals surface area contributed by atoms with Crippen LogP contribution in [0.2, 0.25) is 0 Å². The van der Waals surface area contributed by atoms with E-state index in [0.29, 0.717) is 12.3 Å². The number of hydrogen-bond donors (Lipinski definition) is 2. The van der Waals surface area contributed by atoms with Gasteiger partial charge in [0, 0.05) is 13.0 Å². The standard InChI is InChI=1S/C11H24N2O.ClH/c1-4-10(5-2)9-11(14)13-8-6-7-12-3;/h10,12H,4-9H2,1-3H3,(H,13,14);1H. The number of carbonyl (C=O) groups excluding carboxylic acids is 1. The Bertz CT molecular complexity index is 150. The van der Waals surface area contributed by atoms with E-state index >= 15 is 0 Å². The number of halogens is 1. The second-order valence-corrected chi connectivity index (χ2v) is 3.69. The van der Waals surface area contributed by atoms with Crippen LogP contribution in [-0.2, 0) is 4.79 Å². The van der Waals surface area contributed by atoms with Crippen molar-refractivity contribution in [2.75, 3.05) is 20.1 Å². The summed E-state index contributed by atoms with van der Waals surface area (Å²) < 4.78 is 0. The van der Waals surface area contributed by atoms with Crippen LogP contribution in [0.25, 0.3) is 0 Å². The van der Waals surface area contributed by atoms with Gasteiger partial charge in [-0.1, -0.05) is 26.7 Å². The lowest BCUT2D eigenvalue weighted by molar-refractivity contribution is -0.122. The van der Waals surface area contributed by atoms with Crippen LogP contribution in [0.4, 0.5) is 0 Å². The van der Waals surface area contributed by atoms with Crippen molar-refractivity contribution in [2.45, 2.75) is 39.5 Å². The number of hydrogen-bond acceptors (Lipinski definition) is 2. The molecular weight excluding hydrogens is 212 g/mol. The molecule has 0 aromatic carbocycles. The van der Waals surface area contributed by atoms with Crippen LogP contribution in [-0.4, -0.2) is 26.0 Å². The minimum Gasteiger partial charge on any atom is -0.356 e.